The molecule has 2 heterocycles. The van der Waals surface area contributed by atoms with Crippen LogP contribution < -0.4 is 10.5 Å². The standard InChI is InChI=1S/C19H19N3O4S/c1-4-22(13-7-5-6-11(2)8-13)14(23)9-21-10-20-17-15(18(21)24)12(3)16(27-17)19(25)26/h5-8,10H,4,9H2,1-3H3,(H,25,26). The summed E-state index contributed by atoms with van der Waals surface area (Å²) in [5.41, 5.74) is 1.78. The number of benzene rings is 1. The summed E-state index contributed by atoms with van der Waals surface area (Å²) in [5, 5.41) is 9.49. The Morgan fingerprint density at radius 1 is 1.30 bits per heavy atom. The third-order valence-electron chi connectivity index (χ3n) is 4.35. The van der Waals surface area contributed by atoms with Gasteiger partial charge < -0.3 is 10.0 Å². The van der Waals surface area contributed by atoms with E-state index in [1.165, 1.54) is 10.9 Å². The van der Waals surface area contributed by atoms with Gasteiger partial charge in [0.05, 0.1) is 11.7 Å². The van der Waals surface area contributed by atoms with E-state index < -0.39 is 11.5 Å². The van der Waals surface area contributed by atoms with Crippen molar-refractivity contribution in [2.45, 2.75) is 27.3 Å². The lowest BCUT2D eigenvalue weighted by Crippen LogP contribution is -2.36. The molecular formula is C19H19N3O4S. The van der Waals surface area contributed by atoms with E-state index in [0.717, 1.165) is 22.6 Å². The normalized spacial score (nSPS) is 10.9. The van der Waals surface area contributed by atoms with Crippen LogP contribution in [0.1, 0.15) is 27.7 Å². The predicted molar refractivity (Wildman–Crippen MR) is 105 cm³/mol. The van der Waals surface area contributed by atoms with Crippen molar-refractivity contribution in [3.8, 4) is 0 Å². The second-order valence-electron chi connectivity index (χ2n) is 6.20. The van der Waals surface area contributed by atoms with Gasteiger partial charge in [0.15, 0.2) is 0 Å². The predicted octanol–water partition coefficient (Wildman–Crippen LogP) is 2.83. The maximum Gasteiger partial charge on any atom is 0.346 e. The Balaban J connectivity index is 1.97. The number of nitrogens with zero attached hydrogens (tertiary/aromatic N) is 3. The van der Waals surface area contributed by atoms with Gasteiger partial charge in [-0.2, -0.15) is 0 Å². The molecular weight excluding hydrogens is 366 g/mol. The van der Waals surface area contributed by atoms with Gasteiger partial charge in [-0.1, -0.05) is 12.1 Å². The van der Waals surface area contributed by atoms with Crippen LogP contribution >= 0.6 is 11.3 Å². The number of hydrogen-bond acceptors (Lipinski definition) is 5. The number of carboxylic acid groups (broad SMARTS) is 1. The van der Waals surface area contributed by atoms with Crippen molar-refractivity contribution in [2.75, 3.05) is 11.4 Å². The first-order valence-electron chi connectivity index (χ1n) is 8.42. The van der Waals surface area contributed by atoms with E-state index in [2.05, 4.69) is 4.98 Å². The Bertz CT molecular complexity index is 1100. The van der Waals surface area contributed by atoms with E-state index in [1.54, 1.807) is 11.8 Å². The Kier molecular flexibility index (Phi) is 5.09. The molecule has 27 heavy (non-hydrogen) atoms. The summed E-state index contributed by atoms with van der Waals surface area (Å²) in [4.78, 5) is 43.1. The highest BCUT2D eigenvalue weighted by molar-refractivity contribution is 7.20. The smallest absolute Gasteiger partial charge is 0.346 e. The van der Waals surface area contributed by atoms with Crippen molar-refractivity contribution in [3.05, 3.63) is 57.0 Å². The number of carbonyl (C=O) groups is 2. The van der Waals surface area contributed by atoms with Crippen LogP contribution in [0.15, 0.2) is 35.4 Å². The second kappa shape index (κ2) is 7.32. The van der Waals surface area contributed by atoms with Crippen LogP contribution in [-0.2, 0) is 11.3 Å². The molecule has 0 spiro atoms. The van der Waals surface area contributed by atoms with Crippen LogP contribution in [0.5, 0.6) is 0 Å². The first kappa shape index (κ1) is 18.8. The van der Waals surface area contributed by atoms with Crippen molar-refractivity contribution in [1.29, 1.82) is 0 Å². The molecule has 0 saturated heterocycles. The fourth-order valence-corrected chi connectivity index (χ4v) is 3.98. The summed E-state index contributed by atoms with van der Waals surface area (Å²) in [5.74, 6) is -1.33. The highest BCUT2D eigenvalue weighted by Crippen LogP contribution is 2.26. The summed E-state index contributed by atoms with van der Waals surface area (Å²) in [6.45, 7) is 5.70. The molecule has 0 atom stereocenters. The van der Waals surface area contributed by atoms with Crippen LogP contribution in [-0.4, -0.2) is 33.1 Å². The fraction of sp³-hybridized carbons (Fsp3) is 0.263. The lowest BCUT2D eigenvalue weighted by atomic mass is 10.2. The zero-order valence-corrected chi connectivity index (χ0v) is 16.0. The largest absolute Gasteiger partial charge is 0.477 e. The molecule has 0 aliphatic rings. The SMILES string of the molecule is CCN(C(=O)Cn1cnc2sc(C(=O)O)c(C)c2c1=O)c1cccc(C)c1. The van der Waals surface area contributed by atoms with E-state index in [-0.39, 0.29) is 22.7 Å². The second-order valence-corrected chi connectivity index (χ2v) is 7.20. The number of carbonyl (C=O) groups excluding carboxylic acids is 1. The first-order valence-corrected chi connectivity index (χ1v) is 9.24. The lowest BCUT2D eigenvalue weighted by molar-refractivity contribution is -0.119. The third kappa shape index (κ3) is 3.48. The number of rotatable bonds is 5. The van der Waals surface area contributed by atoms with Gasteiger partial charge in [0.25, 0.3) is 5.56 Å². The minimum Gasteiger partial charge on any atom is -0.477 e. The Hall–Kier alpha value is -3.00. The molecule has 1 N–H and O–H groups in total. The number of anilines is 1. The molecule has 2 aromatic heterocycles. The molecule has 140 valence electrons. The number of fused-ring (bicyclic) bond motifs is 1. The van der Waals surface area contributed by atoms with E-state index in [4.69, 9.17) is 0 Å². The van der Waals surface area contributed by atoms with Gasteiger partial charge in [0, 0.05) is 12.2 Å². The number of aryl methyl sites for hydroxylation is 2. The fourth-order valence-electron chi connectivity index (χ4n) is 3.01. The van der Waals surface area contributed by atoms with Gasteiger partial charge in [0.2, 0.25) is 5.91 Å². The van der Waals surface area contributed by atoms with Gasteiger partial charge >= 0.3 is 5.97 Å². The molecule has 0 saturated carbocycles. The Labute approximate surface area is 159 Å². The summed E-state index contributed by atoms with van der Waals surface area (Å²) in [7, 11) is 0. The number of likely N-dealkylation sites (N-methyl/N-ethyl adjacent to an activating group) is 1. The number of thiophene rings is 1. The van der Waals surface area contributed by atoms with Gasteiger partial charge in [-0.3, -0.25) is 14.2 Å². The summed E-state index contributed by atoms with van der Waals surface area (Å²) in [6, 6.07) is 7.58. The molecule has 0 bridgehead atoms. The molecule has 0 aliphatic heterocycles. The van der Waals surface area contributed by atoms with Crippen molar-refractivity contribution in [3.63, 3.8) is 0 Å². The number of hydrogen-bond donors (Lipinski definition) is 1. The maximum absolute atomic E-state index is 12.8. The Morgan fingerprint density at radius 3 is 2.67 bits per heavy atom. The van der Waals surface area contributed by atoms with Gasteiger partial charge in [-0.25, -0.2) is 9.78 Å². The van der Waals surface area contributed by atoms with Crippen molar-refractivity contribution < 1.29 is 14.7 Å². The number of amides is 1. The highest BCUT2D eigenvalue weighted by Gasteiger charge is 2.21. The quantitative estimate of drug-likeness (QED) is 0.729. The lowest BCUT2D eigenvalue weighted by Gasteiger charge is -2.22. The molecule has 0 fully saturated rings. The maximum atomic E-state index is 12.8. The molecule has 8 heteroatoms. The van der Waals surface area contributed by atoms with Crippen LogP contribution in [0.25, 0.3) is 10.2 Å². The first-order chi connectivity index (χ1) is 12.8. The average molecular weight is 385 g/mol. The van der Waals surface area contributed by atoms with Gasteiger partial charge in [0.1, 0.15) is 16.3 Å². The minimum absolute atomic E-state index is 0.0913. The van der Waals surface area contributed by atoms with Crippen molar-refractivity contribution >= 4 is 39.1 Å². The van der Waals surface area contributed by atoms with Crippen LogP contribution in [0.3, 0.4) is 0 Å². The van der Waals surface area contributed by atoms with Crippen LogP contribution in [0.4, 0.5) is 5.69 Å². The van der Waals surface area contributed by atoms with E-state index >= 15 is 0 Å². The molecule has 3 rings (SSSR count). The average Bonchev–Trinajstić information content (AvgIpc) is 2.96. The monoisotopic (exact) mass is 385 g/mol. The van der Waals surface area contributed by atoms with E-state index in [0.29, 0.717) is 16.9 Å². The summed E-state index contributed by atoms with van der Waals surface area (Å²) >= 11 is 0.964. The summed E-state index contributed by atoms with van der Waals surface area (Å²) < 4.78 is 1.23. The zero-order valence-electron chi connectivity index (χ0n) is 15.2. The van der Waals surface area contributed by atoms with Crippen LogP contribution in [0, 0.1) is 13.8 Å². The number of aromatic nitrogens is 2. The molecule has 0 radical (unpaired) electrons. The summed E-state index contributed by atoms with van der Waals surface area (Å²) in [6.07, 6.45) is 1.30. The van der Waals surface area contributed by atoms with Gasteiger partial charge in [-0.15, -0.1) is 11.3 Å². The van der Waals surface area contributed by atoms with Crippen molar-refractivity contribution in [2.24, 2.45) is 0 Å². The molecule has 1 aromatic carbocycles. The highest BCUT2D eigenvalue weighted by atomic mass is 32.1. The molecule has 0 aliphatic carbocycles. The zero-order chi connectivity index (χ0) is 19.7. The van der Waals surface area contributed by atoms with Crippen LogP contribution in [0.2, 0.25) is 0 Å². The van der Waals surface area contributed by atoms with Crippen molar-refractivity contribution in [1.82, 2.24) is 9.55 Å². The molecule has 1 amide bonds. The molecule has 3 aromatic rings. The van der Waals surface area contributed by atoms with E-state index in [1.807, 2.05) is 38.1 Å². The molecule has 7 nitrogen and oxygen atoms in total. The topological polar surface area (TPSA) is 92.5 Å². The molecule has 0 unspecified atom stereocenters. The third-order valence-corrected chi connectivity index (χ3v) is 5.54. The van der Waals surface area contributed by atoms with E-state index in [9.17, 15) is 19.5 Å². The number of carboxylic acids is 1. The number of aromatic carboxylic acids is 1. The van der Waals surface area contributed by atoms with Gasteiger partial charge in [-0.05, 0) is 44.0 Å². The Morgan fingerprint density at radius 2 is 2.04 bits per heavy atom. The minimum atomic E-state index is -1.09.